The van der Waals surface area contributed by atoms with Crippen molar-refractivity contribution in [3.8, 4) is 0 Å². The maximum absolute atomic E-state index is 12.6. The molecule has 3 aromatic carbocycles. The van der Waals surface area contributed by atoms with Crippen LogP contribution in [0.4, 0.5) is 10.5 Å². The number of benzene rings is 3. The molecule has 5 N–H and O–H groups in total. The molecule has 3 aromatic rings. The summed E-state index contributed by atoms with van der Waals surface area (Å²) in [6.45, 7) is 1.54. The lowest BCUT2D eigenvalue weighted by molar-refractivity contribution is -0.123. The molecular weight excluding hydrogens is 470 g/mol. The van der Waals surface area contributed by atoms with Crippen LogP contribution in [0.25, 0.3) is 0 Å². The van der Waals surface area contributed by atoms with Gasteiger partial charge in [0, 0.05) is 17.8 Å². The molecule has 0 radical (unpaired) electrons. The summed E-state index contributed by atoms with van der Waals surface area (Å²) in [5.41, 5.74) is 5.79. The highest BCUT2D eigenvalue weighted by molar-refractivity contribution is 7.89. The van der Waals surface area contributed by atoms with E-state index in [1.54, 1.807) is 54.6 Å². The highest BCUT2D eigenvalue weighted by Crippen LogP contribution is 2.12. The standard InChI is InChI=1S/C24H25N5O5S/c1-17(26-24(32)27-20-12-6-3-7-13-20)22(30)28-29-23(31)19-11-8-14-21(15-19)35(33,34)25-16-18-9-4-2-5-10-18/h2-15,17,25H,16H2,1H3,(H,28,30)(H,29,31)(H2,26,27,32). The third-order valence-corrected chi connectivity index (χ3v) is 6.19. The van der Waals surface area contributed by atoms with Gasteiger partial charge in [-0.25, -0.2) is 17.9 Å². The maximum atomic E-state index is 12.6. The molecule has 3 rings (SSSR count). The summed E-state index contributed by atoms with van der Waals surface area (Å²) in [7, 11) is -3.87. The number of sulfonamides is 1. The van der Waals surface area contributed by atoms with E-state index < -0.39 is 33.9 Å². The zero-order chi connectivity index (χ0) is 25.3. The van der Waals surface area contributed by atoms with E-state index in [1.807, 2.05) is 6.07 Å². The molecular formula is C24H25N5O5S. The number of para-hydroxylation sites is 1. The molecule has 0 bridgehead atoms. The highest BCUT2D eigenvalue weighted by Gasteiger charge is 2.19. The Kier molecular flexibility index (Phi) is 8.54. The molecule has 11 heteroatoms. The van der Waals surface area contributed by atoms with Crippen molar-refractivity contribution in [3.05, 3.63) is 96.1 Å². The van der Waals surface area contributed by atoms with Crippen molar-refractivity contribution in [1.82, 2.24) is 20.9 Å². The van der Waals surface area contributed by atoms with Gasteiger partial charge in [-0.2, -0.15) is 0 Å². The smallest absolute Gasteiger partial charge is 0.319 e. The van der Waals surface area contributed by atoms with Crippen LogP contribution >= 0.6 is 0 Å². The zero-order valence-electron chi connectivity index (χ0n) is 18.8. The van der Waals surface area contributed by atoms with E-state index in [9.17, 15) is 22.8 Å². The number of hydrogen-bond donors (Lipinski definition) is 5. The first kappa shape index (κ1) is 25.4. The Bertz CT molecular complexity index is 1280. The molecule has 1 unspecified atom stereocenters. The molecule has 0 fully saturated rings. The number of carbonyl (C=O) groups is 3. The summed E-state index contributed by atoms with van der Waals surface area (Å²) in [6, 6.07) is 21.5. The Morgan fingerprint density at radius 3 is 2.17 bits per heavy atom. The van der Waals surface area contributed by atoms with E-state index in [2.05, 4.69) is 26.2 Å². The van der Waals surface area contributed by atoms with Crippen LogP contribution in [0.1, 0.15) is 22.8 Å². The van der Waals surface area contributed by atoms with Gasteiger partial charge >= 0.3 is 6.03 Å². The van der Waals surface area contributed by atoms with Crippen LogP contribution < -0.4 is 26.2 Å². The van der Waals surface area contributed by atoms with Crippen molar-refractivity contribution >= 4 is 33.6 Å². The number of anilines is 1. The van der Waals surface area contributed by atoms with Crippen LogP contribution in [-0.2, 0) is 21.4 Å². The van der Waals surface area contributed by atoms with Gasteiger partial charge in [-0.15, -0.1) is 0 Å². The minimum atomic E-state index is -3.87. The van der Waals surface area contributed by atoms with Crippen molar-refractivity contribution in [1.29, 1.82) is 0 Å². The SMILES string of the molecule is CC(NC(=O)Nc1ccccc1)C(=O)NNC(=O)c1cccc(S(=O)(=O)NCc2ccccc2)c1. The molecule has 0 aliphatic carbocycles. The van der Waals surface area contributed by atoms with Gasteiger partial charge in [0.2, 0.25) is 10.0 Å². The molecule has 182 valence electrons. The van der Waals surface area contributed by atoms with Gasteiger partial charge in [0.25, 0.3) is 11.8 Å². The van der Waals surface area contributed by atoms with Gasteiger partial charge in [-0.3, -0.25) is 20.4 Å². The van der Waals surface area contributed by atoms with Gasteiger partial charge in [0.05, 0.1) is 4.90 Å². The van der Waals surface area contributed by atoms with Crippen LogP contribution in [0, 0.1) is 0 Å². The molecule has 35 heavy (non-hydrogen) atoms. The fourth-order valence-electron chi connectivity index (χ4n) is 2.91. The lowest BCUT2D eigenvalue weighted by Crippen LogP contribution is -2.51. The largest absolute Gasteiger partial charge is 0.326 e. The summed E-state index contributed by atoms with van der Waals surface area (Å²) in [4.78, 5) is 36.6. The lowest BCUT2D eigenvalue weighted by atomic mass is 10.2. The summed E-state index contributed by atoms with van der Waals surface area (Å²) >= 11 is 0. The summed E-state index contributed by atoms with van der Waals surface area (Å²) in [6.07, 6.45) is 0. The quantitative estimate of drug-likeness (QED) is 0.304. The Morgan fingerprint density at radius 1 is 0.829 bits per heavy atom. The second kappa shape index (κ2) is 11.8. The number of urea groups is 1. The molecule has 4 amide bonds. The van der Waals surface area contributed by atoms with E-state index in [1.165, 1.54) is 31.2 Å². The third kappa shape index (κ3) is 7.66. The first-order valence-electron chi connectivity index (χ1n) is 10.6. The highest BCUT2D eigenvalue weighted by atomic mass is 32.2. The molecule has 10 nitrogen and oxygen atoms in total. The maximum Gasteiger partial charge on any atom is 0.319 e. The predicted octanol–water partition coefficient (Wildman–Crippen LogP) is 2.14. The van der Waals surface area contributed by atoms with Gasteiger partial charge in [-0.05, 0) is 42.8 Å². The molecule has 0 heterocycles. The van der Waals surface area contributed by atoms with Gasteiger partial charge in [0.1, 0.15) is 6.04 Å². The number of amides is 4. The molecule has 0 saturated carbocycles. The topological polar surface area (TPSA) is 146 Å². The third-order valence-electron chi connectivity index (χ3n) is 4.79. The van der Waals surface area contributed by atoms with Gasteiger partial charge in [0.15, 0.2) is 0 Å². The second-order valence-electron chi connectivity index (χ2n) is 7.47. The van der Waals surface area contributed by atoms with Crippen LogP contribution in [0.3, 0.4) is 0 Å². The Morgan fingerprint density at radius 2 is 1.49 bits per heavy atom. The van der Waals surface area contributed by atoms with E-state index in [0.29, 0.717) is 5.69 Å². The average molecular weight is 496 g/mol. The van der Waals surface area contributed by atoms with Crippen LogP contribution in [0.15, 0.2) is 89.8 Å². The number of rotatable bonds is 8. The van der Waals surface area contributed by atoms with Crippen LogP contribution in [-0.4, -0.2) is 32.3 Å². The minimum Gasteiger partial charge on any atom is -0.326 e. The first-order chi connectivity index (χ1) is 16.7. The van der Waals surface area contributed by atoms with Crippen molar-refractivity contribution in [2.75, 3.05) is 5.32 Å². The Hall–Kier alpha value is -4.22. The number of carbonyl (C=O) groups excluding carboxylic acids is 3. The van der Waals surface area contributed by atoms with Crippen molar-refractivity contribution in [2.24, 2.45) is 0 Å². The molecule has 0 aliphatic heterocycles. The first-order valence-corrected chi connectivity index (χ1v) is 12.1. The van der Waals surface area contributed by atoms with Crippen LogP contribution in [0.5, 0.6) is 0 Å². The Balaban J connectivity index is 1.52. The molecule has 1 atom stereocenters. The summed E-state index contributed by atoms with van der Waals surface area (Å²) in [5.74, 6) is -1.39. The number of nitrogens with one attached hydrogen (secondary N) is 5. The van der Waals surface area contributed by atoms with E-state index in [-0.39, 0.29) is 17.0 Å². The molecule has 0 aromatic heterocycles. The monoisotopic (exact) mass is 495 g/mol. The summed E-state index contributed by atoms with van der Waals surface area (Å²) in [5, 5.41) is 5.03. The van der Waals surface area contributed by atoms with Crippen molar-refractivity contribution in [2.45, 2.75) is 24.4 Å². The van der Waals surface area contributed by atoms with Gasteiger partial charge < -0.3 is 10.6 Å². The second-order valence-corrected chi connectivity index (χ2v) is 9.23. The fraction of sp³-hybridized carbons (Fsp3) is 0.125. The summed E-state index contributed by atoms with van der Waals surface area (Å²) < 4.78 is 27.7. The lowest BCUT2D eigenvalue weighted by Gasteiger charge is -2.15. The van der Waals surface area contributed by atoms with E-state index >= 15 is 0 Å². The normalized spacial score (nSPS) is 11.7. The van der Waals surface area contributed by atoms with Crippen LogP contribution in [0.2, 0.25) is 0 Å². The number of hydrazine groups is 1. The fourth-order valence-corrected chi connectivity index (χ4v) is 3.97. The average Bonchev–Trinajstić information content (AvgIpc) is 2.87. The zero-order valence-corrected chi connectivity index (χ0v) is 19.6. The van der Waals surface area contributed by atoms with E-state index in [4.69, 9.17) is 0 Å². The molecule has 0 spiro atoms. The van der Waals surface area contributed by atoms with Crippen molar-refractivity contribution < 1.29 is 22.8 Å². The molecule has 0 aliphatic rings. The Labute approximate surface area is 203 Å². The van der Waals surface area contributed by atoms with Gasteiger partial charge in [-0.1, -0.05) is 54.6 Å². The van der Waals surface area contributed by atoms with E-state index in [0.717, 1.165) is 5.56 Å². The molecule has 0 saturated heterocycles. The number of hydrogen-bond acceptors (Lipinski definition) is 5. The van der Waals surface area contributed by atoms with Crippen molar-refractivity contribution in [3.63, 3.8) is 0 Å². The minimum absolute atomic E-state index is 0.0234. The predicted molar refractivity (Wildman–Crippen MR) is 131 cm³/mol.